The average Bonchev–Trinajstić information content (AvgIpc) is 2.73. The van der Waals surface area contributed by atoms with Gasteiger partial charge in [-0.25, -0.2) is 4.79 Å². The number of rotatable bonds is 4. The van der Waals surface area contributed by atoms with Gasteiger partial charge in [-0.2, -0.15) is 0 Å². The molecule has 3 rings (SSSR count). The van der Waals surface area contributed by atoms with E-state index in [0.717, 1.165) is 11.1 Å². The van der Waals surface area contributed by atoms with Crippen LogP contribution in [0.4, 0.5) is 4.79 Å². The standard InChI is InChI=1S/C20H11Cl5O3/c21-13-14(22)16(24)19(17(25)15(13)23)28-20(26)27-18(11-7-3-1-4-8-11)12-9-5-2-6-10-12/h1-10,18H. The molecular formula is C20H11Cl5O3. The van der Waals surface area contributed by atoms with E-state index in [1.807, 2.05) is 60.7 Å². The zero-order valence-electron chi connectivity index (χ0n) is 14.0. The number of benzene rings is 3. The van der Waals surface area contributed by atoms with Gasteiger partial charge in [0.05, 0.1) is 15.1 Å². The number of carbonyl (C=O) groups excluding carboxylic acids is 1. The maximum atomic E-state index is 12.5. The maximum Gasteiger partial charge on any atom is 0.514 e. The van der Waals surface area contributed by atoms with E-state index in [4.69, 9.17) is 67.5 Å². The molecule has 0 unspecified atom stereocenters. The number of halogens is 5. The van der Waals surface area contributed by atoms with Crippen LogP contribution < -0.4 is 4.74 Å². The zero-order chi connectivity index (χ0) is 20.3. The van der Waals surface area contributed by atoms with Gasteiger partial charge in [0.2, 0.25) is 0 Å². The van der Waals surface area contributed by atoms with Crippen molar-refractivity contribution in [2.45, 2.75) is 6.10 Å². The third-order valence-corrected chi connectivity index (χ3v) is 6.02. The lowest BCUT2D eigenvalue weighted by molar-refractivity contribution is 0.0733. The molecule has 3 aromatic carbocycles. The quantitative estimate of drug-likeness (QED) is 0.165. The summed E-state index contributed by atoms with van der Waals surface area (Å²) in [5.41, 5.74) is 1.52. The highest BCUT2D eigenvalue weighted by Gasteiger charge is 2.25. The van der Waals surface area contributed by atoms with Crippen LogP contribution in [-0.4, -0.2) is 6.16 Å². The predicted molar refractivity (Wildman–Crippen MR) is 113 cm³/mol. The second-order valence-electron chi connectivity index (χ2n) is 5.57. The van der Waals surface area contributed by atoms with E-state index in [1.54, 1.807) is 0 Å². The fourth-order valence-corrected chi connectivity index (χ4v) is 3.66. The first-order valence-electron chi connectivity index (χ1n) is 7.90. The molecule has 0 aliphatic carbocycles. The molecule has 0 heterocycles. The summed E-state index contributed by atoms with van der Waals surface area (Å²) in [5.74, 6) is -0.229. The molecule has 0 saturated heterocycles. The van der Waals surface area contributed by atoms with E-state index in [1.165, 1.54) is 0 Å². The van der Waals surface area contributed by atoms with Crippen molar-refractivity contribution in [3.05, 3.63) is 96.9 Å². The van der Waals surface area contributed by atoms with Crippen molar-refractivity contribution >= 4 is 64.2 Å². The van der Waals surface area contributed by atoms with E-state index in [9.17, 15) is 4.79 Å². The Bertz CT molecular complexity index is 925. The highest BCUT2D eigenvalue weighted by molar-refractivity contribution is 6.55. The molecular weight excluding hydrogens is 465 g/mol. The van der Waals surface area contributed by atoms with Crippen LogP contribution in [0, 0.1) is 0 Å². The second kappa shape index (κ2) is 9.25. The summed E-state index contributed by atoms with van der Waals surface area (Å²) in [6.07, 6.45) is -1.73. The fraction of sp³-hybridized carbons (Fsp3) is 0.0500. The van der Waals surface area contributed by atoms with Gasteiger partial charge in [0.25, 0.3) is 0 Å². The van der Waals surface area contributed by atoms with Gasteiger partial charge in [-0.1, -0.05) is 119 Å². The van der Waals surface area contributed by atoms with Crippen LogP contribution in [-0.2, 0) is 4.74 Å². The molecule has 0 N–H and O–H groups in total. The van der Waals surface area contributed by atoms with Crippen molar-refractivity contribution in [3.63, 3.8) is 0 Å². The van der Waals surface area contributed by atoms with Crippen LogP contribution in [0.5, 0.6) is 5.75 Å². The summed E-state index contributed by atoms with van der Waals surface area (Å²) in [5, 5.41) is -0.486. The van der Waals surface area contributed by atoms with Gasteiger partial charge in [-0.15, -0.1) is 0 Å². The van der Waals surface area contributed by atoms with E-state index in [-0.39, 0.29) is 30.9 Å². The largest absolute Gasteiger partial charge is 0.514 e. The lowest BCUT2D eigenvalue weighted by Gasteiger charge is -2.19. The molecule has 0 atom stereocenters. The fourth-order valence-electron chi connectivity index (χ4n) is 2.46. The second-order valence-corrected chi connectivity index (χ2v) is 7.46. The van der Waals surface area contributed by atoms with Crippen LogP contribution >= 0.6 is 58.0 Å². The van der Waals surface area contributed by atoms with Crippen molar-refractivity contribution < 1.29 is 14.3 Å². The molecule has 0 aromatic heterocycles. The molecule has 0 amide bonds. The van der Waals surface area contributed by atoms with Gasteiger partial charge in [-0.05, 0) is 11.1 Å². The first-order chi connectivity index (χ1) is 13.4. The van der Waals surface area contributed by atoms with Crippen molar-refractivity contribution in [2.24, 2.45) is 0 Å². The number of hydrogen-bond acceptors (Lipinski definition) is 3. The summed E-state index contributed by atoms with van der Waals surface area (Å²) in [6.45, 7) is 0. The Hall–Kier alpha value is -1.62. The van der Waals surface area contributed by atoms with E-state index in [0.29, 0.717) is 0 Å². The number of carbonyl (C=O) groups is 1. The van der Waals surface area contributed by atoms with Crippen LogP contribution in [0.3, 0.4) is 0 Å². The SMILES string of the molecule is O=C(Oc1c(Cl)c(Cl)c(Cl)c(Cl)c1Cl)OC(c1ccccc1)c1ccccc1. The minimum absolute atomic E-state index is 0.0366. The Balaban J connectivity index is 1.90. The number of ether oxygens (including phenoxy) is 2. The Kier molecular flexibility index (Phi) is 6.97. The van der Waals surface area contributed by atoms with Gasteiger partial charge in [0, 0.05) is 0 Å². The Morgan fingerprint density at radius 3 is 1.46 bits per heavy atom. The molecule has 0 fully saturated rings. The number of hydrogen-bond donors (Lipinski definition) is 0. The molecule has 8 heteroatoms. The Morgan fingerprint density at radius 2 is 1.04 bits per heavy atom. The molecule has 0 saturated carbocycles. The molecule has 144 valence electrons. The van der Waals surface area contributed by atoms with E-state index >= 15 is 0 Å². The van der Waals surface area contributed by atoms with Crippen molar-refractivity contribution in [1.29, 1.82) is 0 Å². The van der Waals surface area contributed by atoms with Gasteiger partial charge in [-0.3, -0.25) is 0 Å². The summed E-state index contributed by atoms with van der Waals surface area (Å²) in [6, 6.07) is 18.4. The molecule has 0 aliphatic heterocycles. The topological polar surface area (TPSA) is 35.5 Å². The summed E-state index contributed by atoms with van der Waals surface area (Å²) in [7, 11) is 0. The van der Waals surface area contributed by atoms with Crippen molar-refractivity contribution in [2.75, 3.05) is 0 Å². The first-order valence-corrected chi connectivity index (χ1v) is 9.79. The highest BCUT2D eigenvalue weighted by Crippen LogP contribution is 2.48. The average molecular weight is 477 g/mol. The third kappa shape index (κ3) is 4.51. The van der Waals surface area contributed by atoms with E-state index < -0.39 is 12.3 Å². The lowest BCUT2D eigenvalue weighted by atomic mass is 10.0. The van der Waals surface area contributed by atoms with Gasteiger partial charge in [0.15, 0.2) is 11.9 Å². The summed E-state index contributed by atoms with van der Waals surface area (Å²) < 4.78 is 10.8. The minimum Gasteiger partial charge on any atom is -0.421 e. The van der Waals surface area contributed by atoms with Crippen LogP contribution in [0.1, 0.15) is 17.2 Å². The molecule has 0 radical (unpaired) electrons. The highest BCUT2D eigenvalue weighted by atomic mass is 35.5. The van der Waals surface area contributed by atoms with Crippen LogP contribution in [0.25, 0.3) is 0 Å². The summed E-state index contributed by atoms with van der Waals surface area (Å²) >= 11 is 30.1. The smallest absolute Gasteiger partial charge is 0.421 e. The van der Waals surface area contributed by atoms with Gasteiger partial charge in [0.1, 0.15) is 10.0 Å². The molecule has 3 aromatic rings. The predicted octanol–water partition coefficient (Wildman–Crippen LogP) is 8.26. The molecule has 3 nitrogen and oxygen atoms in total. The molecule has 0 spiro atoms. The van der Waals surface area contributed by atoms with Gasteiger partial charge < -0.3 is 9.47 Å². The maximum absolute atomic E-state index is 12.5. The Morgan fingerprint density at radius 1 is 0.643 bits per heavy atom. The normalized spacial score (nSPS) is 10.8. The van der Waals surface area contributed by atoms with Crippen molar-refractivity contribution in [1.82, 2.24) is 0 Å². The first kappa shape index (κ1) is 21.1. The minimum atomic E-state index is -1.03. The molecule has 0 aliphatic rings. The van der Waals surface area contributed by atoms with Crippen molar-refractivity contribution in [3.8, 4) is 5.75 Å². The molecule has 0 bridgehead atoms. The Labute approximate surface area is 186 Å². The molecule has 28 heavy (non-hydrogen) atoms. The van der Waals surface area contributed by atoms with Crippen LogP contribution in [0.2, 0.25) is 25.1 Å². The van der Waals surface area contributed by atoms with E-state index in [2.05, 4.69) is 0 Å². The third-order valence-electron chi connectivity index (χ3n) is 3.77. The monoisotopic (exact) mass is 474 g/mol. The van der Waals surface area contributed by atoms with Crippen LogP contribution in [0.15, 0.2) is 60.7 Å². The lowest BCUT2D eigenvalue weighted by Crippen LogP contribution is -2.16. The zero-order valence-corrected chi connectivity index (χ0v) is 17.7. The summed E-state index contributed by atoms with van der Waals surface area (Å²) in [4.78, 5) is 12.5. The van der Waals surface area contributed by atoms with Gasteiger partial charge >= 0.3 is 6.16 Å².